The Hall–Kier alpha value is -4.71. The second kappa shape index (κ2) is 16.2. The molecular weight excluding hydrogens is 827 g/mol. The number of benzene rings is 6. The minimum atomic E-state index is -4.19. The van der Waals surface area contributed by atoms with Gasteiger partial charge in [0.15, 0.2) is 0 Å². The van der Waals surface area contributed by atoms with E-state index in [0.29, 0.717) is 33.1 Å². The van der Waals surface area contributed by atoms with E-state index in [2.05, 4.69) is 0 Å². The second-order valence-corrected chi connectivity index (χ2v) is 23.7. The number of hydrogen-bond donors (Lipinski definition) is 0. The summed E-state index contributed by atoms with van der Waals surface area (Å²) in [5.74, 6) is -4.23. The number of halogens is 6. The first-order chi connectivity index (χ1) is 28.8. The predicted octanol–water partition coefficient (Wildman–Crippen LogP) is 9.61. The van der Waals surface area contributed by atoms with Gasteiger partial charge in [-0.15, -0.1) is 0 Å². The molecule has 3 heterocycles. The maximum absolute atomic E-state index is 14.8. The lowest BCUT2D eigenvalue weighted by Crippen LogP contribution is -2.77. The highest BCUT2D eigenvalue weighted by atomic mass is 28.4. The first-order valence-electron chi connectivity index (χ1n) is 19.6. The van der Waals surface area contributed by atoms with Crippen molar-refractivity contribution in [2.24, 2.45) is 0 Å². The molecule has 0 N–H and O–H groups in total. The van der Waals surface area contributed by atoms with Gasteiger partial charge in [0.1, 0.15) is 34.9 Å². The van der Waals surface area contributed by atoms with E-state index in [-0.39, 0.29) is 16.7 Å². The van der Waals surface area contributed by atoms with Gasteiger partial charge in [0.2, 0.25) is 0 Å². The quantitative estimate of drug-likeness (QED) is 0.123. The normalized spacial score (nSPS) is 19.8. The molecule has 6 aromatic rings. The van der Waals surface area contributed by atoms with E-state index in [4.69, 9.17) is 26.1 Å². The lowest BCUT2D eigenvalue weighted by molar-refractivity contribution is 0.104. The van der Waals surface area contributed by atoms with Gasteiger partial charge >= 0.3 is 39.0 Å². The fraction of sp³-hybridized carbons (Fsp3) is 0.182. The van der Waals surface area contributed by atoms with Crippen LogP contribution in [0.4, 0.5) is 26.3 Å². The molecule has 17 heteroatoms. The van der Waals surface area contributed by atoms with Crippen LogP contribution in [-0.4, -0.2) is 39.0 Å². The number of fused-ring (bicyclic) bond motifs is 6. The van der Waals surface area contributed by atoms with Crippen molar-refractivity contribution < 1.29 is 52.4 Å². The maximum atomic E-state index is 14.8. The Balaban J connectivity index is 1.23. The lowest BCUT2D eigenvalue weighted by atomic mass is 9.79. The van der Waals surface area contributed by atoms with Crippen molar-refractivity contribution in [1.82, 2.24) is 0 Å². The summed E-state index contributed by atoms with van der Waals surface area (Å²) >= 11 is 0. The third-order valence-electron chi connectivity index (χ3n) is 10.7. The van der Waals surface area contributed by atoms with E-state index in [9.17, 15) is 26.3 Å². The van der Waals surface area contributed by atoms with E-state index in [1.165, 1.54) is 36.4 Å². The summed E-state index contributed by atoms with van der Waals surface area (Å²) in [6, 6.07) is 30.5. The zero-order valence-electron chi connectivity index (χ0n) is 34.1. The largest absolute Gasteiger partial charge is 0.478 e. The fourth-order valence-electron chi connectivity index (χ4n) is 7.18. The molecular formula is C44H39B3F6O6Si2. The summed E-state index contributed by atoms with van der Waals surface area (Å²) in [5.41, 5.74) is 3.63. The van der Waals surface area contributed by atoms with Gasteiger partial charge in [-0.1, -0.05) is 114 Å². The molecule has 6 nitrogen and oxygen atoms in total. The van der Waals surface area contributed by atoms with Gasteiger partial charge in [-0.3, -0.25) is 0 Å². The van der Waals surface area contributed by atoms with Crippen LogP contribution in [0.3, 0.4) is 0 Å². The first kappa shape index (κ1) is 43.0. The molecule has 61 heavy (non-hydrogen) atoms. The molecule has 3 fully saturated rings. The highest BCUT2D eigenvalue weighted by molar-refractivity contribution is 6.95. The minimum absolute atomic E-state index is 0.204. The topological polar surface area (TPSA) is 55.4 Å². The van der Waals surface area contributed by atoms with Gasteiger partial charge in [0.25, 0.3) is 0 Å². The van der Waals surface area contributed by atoms with Crippen LogP contribution in [0.15, 0.2) is 127 Å². The molecule has 3 aliphatic heterocycles. The standard InChI is InChI=1S/C44H39B3F6O6Si2/c1-43(2,3)60-54-45(31-13-7-28(8-14-31)37-22-19-34(48)25-40(37)51)57-61(44(4,5)6,58-46(55-60)32-15-9-29(10-16-32)38-23-20-35(49)26-41(38)52)59-47(56-60)33-17-11-30(12-18-33)39-24-21-36(50)27-42(39)53/h7-27H,1-6H3. The van der Waals surface area contributed by atoms with E-state index < -0.39 is 83.9 Å². The Bertz CT molecular complexity index is 2280. The minimum Gasteiger partial charge on any atom is -0.409 e. The molecule has 2 bridgehead atoms. The SMILES string of the molecule is CC(C)(C)[Si]12OB(c3ccc(-c4ccc(F)cc4F)cc3)O[Si](C(C)(C)C)(OB(c3ccc(-c4ccc(F)cc4F)cc3)O1)OB(c1ccc(-c3ccc(F)cc3F)cc1)O2. The maximum Gasteiger partial charge on any atom is 0.478 e. The summed E-state index contributed by atoms with van der Waals surface area (Å²) < 4.78 is 128. The van der Waals surface area contributed by atoms with Gasteiger partial charge < -0.3 is 26.1 Å². The van der Waals surface area contributed by atoms with E-state index in [0.717, 1.165) is 18.2 Å². The van der Waals surface area contributed by atoms with Crippen LogP contribution < -0.4 is 16.4 Å². The van der Waals surface area contributed by atoms with Crippen LogP contribution in [-0.2, 0) is 26.1 Å². The molecule has 0 spiro atoms. The van der Waals surface area contributed by atoms with Crippen molar-refractivity contribution in [3.05, 3.63) is 162 Å². The molecule has 0 aromatic heterocycles. The van der Waals surface area contributed by atoms with Crippen LogP contribution >= 0.6 is 0 Å². The molecule has 310 valence electrons. The van der Waals surface area contributed by atoms with Crippen molar-refractivity contribution in [3.8, 4) is 33.4 Å². The Kier molecular flexibility index (Phi) is 11.4. The molecule has 0 aliphatic carbocycles. The van der Waals surface area contributed by atoms with Crippen LogP contribution in [0, 0.1) is 34.9 Å². The molecule has 0 radical (unpaired) electrons. The number of rotatable bonds is 6. The van der Waals surface area contributed by atoms with Crippen molar-refractivity contribution in [2.45, 2.75) is 51.6 Å². The second-order valence-electron chi connectivity index (χ2n) is 17.1. The van der Waals surface area contributed by atoms with Crippen molar-refractivity contribution in [2.75, 3.05) is 0 Å². The Morgan fingerprint density at radius 1 is 0.344 bits per heavy atom. The van der Waals surface area contributed by atoms with Crippen LogP contribution in [0.25, 0.3) is 33.4 Å². The Morgan fingerprint density at radius 3 is 0.770 bits per heavy atom. The highest BCUT2D eigenvalue weighted by Gasteiger charge is 2.69. The fourth-order valence-corrected chi connectivity index (χ4v) is 12.7. The molecule has 9 rings (SSSR count). The van der Waals surface area contributed by atoms with Crippen LogP contribution in [0.2, 0.25) is 10.1 Å². The van der Waals surface area contributed by atoms with Gasteiger partial charge in [0, 0.05) is 45.0 Å². The van der Waals surface area contributed by atoms with Crippen molar-refractivity contribution in [3.63, 3.8) is 0 Å². The molecule has 3 aliphatic rings. The number of hydrogen-bond acceptors (Lipinski definition) is 6. The Labute approximate surface area is 353 Å². The zero-order chi connectivity index (χ0) is 43.5. The average Bonchev–Trinajstić information content (AvgIpc) is 3.17. The molecule has 0 amide bonds. The van der Waals surface area contributed by atoms with Gasteiger partial charge in [-0.05, 0) is 69.5 Å². The summed E-state index contributed by atoms with van der Waals surface area (Å²) in [5, 5.41) is -1.80. The van der Waals surface area contributed by atoms with E-state index >= 15 is 0 Å². The zero-order valence-corrected chi connectivity index (χ0v) is 36.1. The Morgan fingerprint density at radius 2 is 0.574 bits per heavy atom. The highest BCUT2D eigenvalue weighted by Crippen LogP contribution is 2.48. The smallest absolute Gasteiger partial charge is 0.409 e. The van der Waals surface area contributed by atoms with Gasteiger partial charge in [0.05, 0.1) is 0 Å². The van der Waals surface area contributed by atoms with Crippen molar-refractivity contribution in [1.29, 1.82) is 0 Å². The summed E-state index contributed by atoms with van der Waals surface area (Å²) in [4.78, 5) is 0. The summed E-state index contributed by atoms with van der Waals surface area (Å²) in [6.07, 6.45) is 0. The van der Waals surface area contributed by atoms with E-state index in [1.54, 1.807) is 72.8 Å². The predicted molar refractivity (Wildman–Crippen MR) is 229 cm³/mol. The summed E-state index contributed by atoms with van der Waals surface area (Å²) in [6.45, 7) is 11.4. The average molecular weight is 866 g/mol. The van der Waals surface area contributed by atoms with Crippen LogP contribution in [0.5, 0.6) is 0 Å². The van der Waals surface area contributed by atoms with Crippen molar-refractivity contribution >= 4 is 55.4 Å². The summed E-state index contributed by atoms with van der Waals surface area (Å²) in [7, 11) is -11.9. The monoisotopic (exact) mass is 866 g/mol. The van der Waals surface area contributed by atoms with Gasteiger partial charge in [-0.25, -0.2) is 26.3 Å². The lowest BCUT2D eigenvalue weighted by Gasteiger charge is -2.54. The van der Waals surface area contributed by atoms with Crippen LogP contribution in [0.1, 0.15) is 41.5 Å². The third-order valence-corrected chi connectivity index (χ3v) is 17.5. The first-order valence-corrected chi connectivity index (χ1v) is 23.0. The third kappa shape index (κ3) is 8.45. The molecule has 6 aromatic carbocycles. The molecule has 0 saturated carbocycles. The molecule has 0 unspecified atom stereocenters. The molecule has 0 atom stereocenters. The van der Waals surface area contributed by atoms with Gasteiger partial charge in [-0.2, -0.15) is 0 Å². The van der Waals surface area contributed by atoms with E-state index in [1.807, 2.05) is 41.5 Å². The molecule has 3 saturated heterocycles.